The first-order valence-corrected chi connectivity index (χ1v) is 11.1. The molecule has 1 aliphatic heterocycles. The fourth-order valence-electron chi connectivity index (χ4n) is 3.94. The SMILES string of the molecule is CCOC(=O)N1CCN(C(=O)c2ccccc2C(=O)c2ccc(-c3ccccc3)cc2)CC1. The van der Waals surface area contributed by atoms with Crippen molar-refractivity contribution in [3.8, 4) is 11.1 Å². The molecule has 0 N–H and O–H groups in total. The maximum atomic E-state index is 13.3. The van der Waals surface area contributed by atoms with Crippen LogP contribution in [0.2, 0.25) is 0 Å². The van der Waals surface area contributed by atoms with Gasteiger partial charge in [-0.2, -0.15) is 0 Å². The summed E-state index contributed by atoms with van der Waals surface area (Å²) in [5, 5.41) is 0. The van der Waals surface area contributed by atoms with Crippen molar-refractivity contribution < 1.29 is 19.1 Å². The Morgan fingerprint density at radius 3 is 1.88 bits per heavy atom. The van der Waals surface area contributed by atoms with Crippen molar-refractivity contribution in [2.75, 3.05) is 32.8 Å². The Morgan fingerprint density at radius 2 is 1.24 bits per heavy atom. The number of ketones is 1. The zero-order chi connectivity index (χ0) is 23.2. The van der Waals surface area contributed by atoms with E-state index in [0.29, 0.717) is 49.5 Å². The summed E-state index contributed by atoms with van der Waals surface area (Å²) in [6.45, 7) is 3.68. The van der Waals surface area contributed by atoms with E-state index in [2.05, 4.69) is 0 Å². The number of nitrogens with zero attached hydrogens (tertiary/aromatic N) is 2. The second-order valence-electron chi connectivity index (χ2n) is 7.80. The number of hydrogen-bond acceptors (Lipinski definition) is 4. The van der Waals surface area contributed by atoms with E-state index in [9.17, 15) is 14.4 Å². The summed E-state index contributed by atoms with van der Waals surface area (Å²) in [6.07, 6.45) is -0.362. The molecule has 3 aromatic carbocycles. The molecule has 0 bridgehead atoms. The van der Waals surface area contributed by atoms with Crippen LogP contribution in [0.4, 0.5) is 4.79 Å². The van der Waals surface area contributed by atoms with Gasteiger partial charge in [-0.25, -0.2) is 4.79 Å². The molecule has 0 unspecified atom stereocenters. The topological polar surface area (TPSA) is 66.9 Å². The third-order valence-corrected chi connectivity index (χ3v) is 5.75. The number of benzene rings is 3. The number of piperazine rings is 1. The number of carbonyl (C=O) groups excluding carboxylic acids is 3. The summed E-state index contributed by atoms with van der Waals surface area (Å²) < 4.78 is 5.04. The van der Waals surface area contributed by atoms with Gasteiger partial charge in [0.15, 0.2) is 5.78 Å². The molecule has 33 heavy (non-hydrogen) atoms. The first-order chi connectivity index (χ1) is 16.1. The Balaban J connectivity index is 1.50. The van der Waals surface area contributed by atoms with E-state index in [1.165, 1.54) is 0 Å². The van der Waals surface area contributed by atoms with E-state index in [1.807, 2.05) is 42.5 Å². The predicted octanol–water partition coefficient (Wildman–Crippen LogP) is 4.50. The van der Waals surface area contributed by atoms with Gasteiger partial charge >= 0.3 is 6.09 Å². The zero-order valence-electron chi connectivity index (χ0n) is 18.6. The summed E-state index contributed by atoms with van der Waals surface area (Å²) in [7, 11) is 0. The van der Waals surface area contributed by atoms with Crippen LogP contribution in [0, 0.1) is 0 Å². The number of rotatable bonds is 5. The molecule has 0 radical (unpaired) electrons. The first kappa shape index (κ1) is 22.3. The molecule has 0 aliphatic carbocycles. The summed E-state index contributed by atoms with van der Waals surface area (Å²) >= 11 is 0. The minimum Gasteiger partial charge on any atom is -0.450 e. The second kappa shape index (κ2) is 10.1. The predicted molar refractivity (Wildman–Crippen MR) is 126 cm³/mol. The van der Waals surface area contributed by atoms with Gasteiger partial charge in [-0.1, -0.05) is 72.8 Å². The molecule has 6 nitrogen and oxygen atoms in total. The molecule has 0 aromatic heterocycles. The van der Waals surface area contributed by atoms with Crippen molar-refractivity contribution in [3.63, 3.8) is 0 Å². The molecule has 0 spiro atoms. The van der Waals surface area contributed by atoms with Gasteiger partial charge in [0.05, 0.1) is 12.2 Å². The number of hydrogen-bond donors (Lipinski definition) is 0. The second-order valence-corrected chi connectivity index (χ2v) is 7.80. The quantitative estimate of drug-likeness (QED) is 0.546. The zero-order valence-corrected chi connectivity index (χ0v) is 18.6. The fourth-order valence-corrected chi connectivity index (χ4v) is 3.94. The molecule has 6 heteroatoms. The molecular formula is C27H26N2O4. The van der Waals surface area contributed by atoms with Crippen LogP contribution in [0.3, 0.4) is 0 Å². The largest absolute Gasteiger partial charge is 0.450 e. The van der Waals surface area contributed by atoms with E-state index in [-0.39, 0.29) is 17.8 Å². The molecule has 168 valence electrons. The molecule has 1 heterocycles. The molecule has 1 aliphatic rings. The lowest BCUT2D eigenvalue weighted by Crippen LogP contribution is -2.50. The van der Waals surface area contributed by atoms with Gasteiger partial charge in [0.2, 0.25) is 0 Å². The highest BCUT2D eigenvalue weighted by Gasteiger charge is 2.27. The van der Waals surface area contributed by atoms with Gasteiger partial charge in [-0.3, -0.25) is 9.59 Å². The first-order valence-electron chi connectivity index (χ1n) is 11.1. The lowest BCUT2D eigenvalue weighted by atomic mass is 9.95. The number of carbonyl (C=O) groups is 3. The van der Waals surface area contributed by atoms with Gasteiger partial charge in [-0.05, 0) is 24.1 Å². The normalized spacial score (nSPS) is 13.5. The summed E-state index contributed by atoms with van der Waals surface area (Å²) in [4.78, 5) is 41.7. The van der Waals surface area contributed by atoms with Crippen LogP contribution in [0.25, 0.3) is 11.1 Å². The van der Waals surface area contributed by atoms with E-state index < -0.39 is 0 Å². The Labute approximate surface area is 193 Å². The van der Waals surface area contributed by atoms with Crippen molar-refractivity contribution >= 4 is 17.8 Å². The molecule has 4 rings (SSSR count). The van der Waals surface area contributed by atoms with E-state index in [0.717, 1.165) is 11.1 Å². The van der Waals surface area contributed by atoms with E-state index in [4.69, 9.17) is 4.74 Å². The standard InChI is InChI=1S/C27H26N2O4/c1-2-33-27(32)29-18-16-28(17-19-29)26(31)24-11-7-6-10-23(24)25(30)22-14-12-21(13-15-22)20-8-4-3-5-9-20/h3-15H,2,16-19H2,1H3. The minimum atomic E-state index is -0.362. The third-order valence-electron chi connectivity index (χ3n) is 5.75. The van der Waals surface area contributed by atoms with Crippen molar-refractivity contribution in [1.29, 1.82) is 0 Å². The van der Waals surface area contributed by atoms with Crippen molar-refractivity contribution in [2.24, 2.45) is 0 Å². The van der Waals surface area contributed by atoms with Crippen LogP contribution < -0.4 is 0 Å². The highest BCUT2D eigenvalue weighted by Crippen LogP contribution is 2.22. The molecule has 3 aromatic rings. The molecule has 1 fully saturated rings. The lowest BCUT2D eigenvalue weighted by Gasteiger charge is -2.34. The Bertz CT molecular complexity index is 1130. The van der Waals surface area contributed by atoms with Crippen LogP contribution in [-0.4, -0.2) is 60.4 Å². The molecule has 1 saturated heterocycles. The maximum absolute atomic E-state index is 13.3. The molecule has 0 atom stereocenters. The van der Waals surface area contributed by atoms with Gasteiger partial charge in [0.25, 0.3) is 5.91 Å². The average molecular weight is 443 g/mol. The minimum absolute atomic E-state index is 0.191. The molecular weight excluding hydrogens is 416 g/mol. The monoisotopic (exact) mass is 442 g/mol. The fraction of sp³-hybridized carbons (Fsp3) is 0.222. The molecule has 0 saturated carbocycles. The van der Waals surface area contributed by atoms with Crippen LogP contribution in [-0.2, 0) is 4.74 Å². The number of amides is 2. The van der Waals surface area contributed by atoms with Crippen molar-refractivity contribution in [1.82, 2.24) is 9.80 Å². The van der Waals surface area contributed by atoms with E-state index >= 15 is 0 Å². The average Bonchev–Trinajstić information content (AvgIpc) is 2.89. The third kappa shape index (κ3) is 4.95. The van der Waals surface area contributed by atoms with Gasteiger partial charge < -0.3 is 14.5 Å². The van der Waals surface area contributed by atoms with Gasteiger partial charge in [0.1, 0.15) is 0 Å². The smallest absolute Gasteiger partial charge is 0.409 e. The molecule has 2 amide bonds. The highest BCUT2D eigenvalue weighted by molar-refractivity contribution is 6.15. The van der Waals surface area contributed by atoms with Crippen molar-refractivity contribution in [2.45, 2.75) is 6.92 Å². The van der Waals surface area contributed by atoms with Crippen LogP contribution >= 0.6 is 0 Å². The van der Waals surface area contributed by atoms with Crippen LogP contribution in [0.5, 0.6) is 0 Å². The van der Waals surface area contributed by atoms with E-state index in [1.54, 1.807) is 53.1 Å². The Kier molecular flexibility index (Phi) is 6.83. The van der Waals surface area contributed by atoms with Crippen LogP contribution in [0.1, 0.15) is 33.2 Å². The van der Waals surface area contributed by atoms with Crippen LogP contribution in [0.15, 0.2) is 78.9 Å². The maximum Gasteiger partial charge on any atom is 0.409 e. The highest BCUT2D eigenvalue weighted by atomic mass is 16.6. The summed E-state index contributed by atoms with van der Waals surface area (Å²) in [6, 6.07) is 24.3. The van der Waals surface area contributed by atoms with Gasteiger partial charge in [0, 0.05) is 37.3 Å². The Morgan fingerprint density at radius 1 is 0.697 bits per heavy atom. The van der Waals surface area contributed by atoms with Crippen molar-refractivity contribution in [3.05, 3.63) is 95.6 Å². The Hall–Kier alpha value is -3.93. The number of ether oxygens (including phenoxy) is 1. The summed E-state index contributed by atoms with van der Waals surface area (Å²) in [5.74, 6) is -0.396. The van der Waals surface area contributed by atoms with Gasteiger partial charge in [-0.15, -0.1) is 0 Å². The summed E-state index contributed by atoms with van der Waals surface area (Å²) in [5.41, 5.74) is 3.38. The lowest BCUT2D eigenvalue weighted by molar-refractivity contribution is 0.0569.